The number of hydrogen-bond donors (Lipinski definition) is 0. The van der Waals surface area contributed by atoms with Gasteiger partial charge in [-0.1, -0.05) is 36.4 Å². The topological polar surface area (TPSA) is 3.24 Å². The van der Waals surface area contributed by atoms with Crippen molar-refractivity contribution < 1.29 is 13.2 Å². The highest BCUT2D eigenvalue weighted by molar-refractivity contribution is 5.85. The number of halogens is 4. The Labute approximate surface area is 146 Å². The van der Waals surface area contributed by atoms with Crippen LogP contribution in [0.2, 0.25) is 0 Å². The van der Waals surface area contributed by atoms with Gasteiger partial charge in [0.05, 0.1) is 5.56 Å². The third-order valence-corrected chi connectivity index (χ3v) is 4.76. The molecule has 2 atom stereocenters. The van der Waals surface area contributed by atoms with Crippen LogP contribution in [0.1, 0.15) is 34.6 Å². The third kappa shape index (κ3) is 3.76. The lowest BCUT2D eigenvalue weighted by Gasteiger charge is -2.35. The molecule has 24 heavy (non-hydrogen) atoms. The van der Waals surface area contributed by atoms with Crippen molar-refractivity contribution in [2.45, 2.75) is 31.0 Å². The molecule has 130 valence electrons. The molecule has 0 aromatic heterocycles. The zero-order chi connectivity index (χ0) is 16.6. The lowest BCUT2D eigenvalue weighted by molar-refractivity contribution is -0.137. The van der Waals surface area contributed by atoms with E-state index in [9.17, 15) is 13.2 Å². The maximum absolute atomic E-state index is 12.8. The van der Waals surface area contributed by atoms with Crippen LogP contribution in [0.3, 0.4) is 0 Å². The van der Waals surface area contributed by atoms with Gasteiger partial charge in [-0.05, 0) is 55.8 Å². The minimum atomic E-state index is -4.28. The van der Waals surface area contributed by atoms with E-state index in [0.29, 0.717) is 6.04 Å². The fourth-order valence-corrected chi connectivity index (χ4v) is 3.41. The molecule has 0 fully saturated rings. The summed E-state index contributed by atoms with van der Waals surface area (Å²) in [5, 5.41) is 0. The predicted octanol–water partition coefficient (Wildman–Crippen LogP) is 5.14. The Morgan fingerprint density at radius 2 is 1.58 bits per heavy atom. The second kappa shape index (κ2) is 7.16. The maximum atomic E-state index is 12.8. The summed E-state index contributed by atoms with van der Waals surface area (Å²) in [6.07, 6.45) is -2.37. The molecule has 0 N–H and O–H groups in total. The molecule has 5 heteroatoms. The molecule has 0 unspecified atom stereocenters. The minimum absolute atomic E-state index is 0. The number of hydrogen-bond acceptors (Lipinski definition) is 1. The van der Waals surface area contributed by atoms with Crippen LogP contribution in [0.15, 0.2) is 48.5 Å². The molecule has 0 aliphatic heterocycles. The van der Waals surface area contributed by atoms with Gasteiger partial charge in [0.2, 0.25) is 0 Å². The van der Waals surface area contributed by atoms with Crippen LogP contribution in [0.5, 0.6) is 0 Å². The number of fused-ring (bicyclic) bond motifs is 1. The van der Waals surface area contributed by atoms with Crippen LogP contribution in [-0.2, 0) is 12.6 Å². The number of nitrogens with zero attached hydrogens (tertiary/aromatic N) is 1. The number of likely N-dealkylation sites (N-methyl/N-ethyl adjacent to an activating group) is 1. The average Bonchev–Trinajstić information content (AvgIpc) is 2.53. The molecular weight excluding hydrogens is 335 g/mol. The number of rotatable bonds is 2. The van der Waals surface area contributed by atoms with Crippen LogP contribution in [0.25, 0.3) is 0 Å². The highest BCUT2D eigenvalue weighted by Gasteiger charge is 2.32. The molecule has 0 radical (unpaired) electrons. The first kappa shape index (κ1) is 18.8. The van der Waals surface area contributed by atoms with Gasteiger partial charge in [0, 0.05) is 12.0 Å². The highest BCUT2D eigenvalue weighted by Crippen LogP contribution is 2.39. The van der Waals surface area contributed by atoms with E-state index in [0.717, 1.165) is 18.4 Å². The molecule has 0 saturated heterocycles. The van der Waals surface area contributed by atoms with Crippen molar-refractivity contribution in [2.24, 2.45) is 0 Å². The second-order valence-electron chi connectivity index (χ2n) is 6.43. The van der Waals surface area contributed by atoms with Gasteiger partial charge in [-0.15, -0.1) is 12.4 Å². The summed E-state index contributed by atoms with van der Waals surface area (Å²) in [5.41, 5.74) is 2.90. The normalized spacial score (nSPS) is 20.4. The maximum Gasteiger partial charge on any atom is 0.416 e. The predicted molar refractivity (Wildman–Crippen MR) is 92.8 cm³/mol. The molecule has 3 rings (SSSR count). The van der Waals surface area contributed by atoms with Crippen molar-refractivity contribution in [1.29, 1.82) is 0 Å². The Kier molecular flexibility index (Phi) is 5.61. The zero-order valence-corrected chi connectivity index (χ0v) is 14.5. The first-order chi connectivity index (χ1) is 10.9. The average molecular weight is 356 g/mol. The van der Waals surface area contributed by atoms with Crippen LogP contribution in [-0.4, -0.2) is 25.0 Å². The molecule has 0 saturated carbocycles. The minimum Gasteiger partial charge on any atom is -0.306 e. The third-order valence-electron chi connectivity index (χ3n) is 4.76. The molecule has 0 bridgehead atoms. The number of benzene rings is 2. The molecule has 2 aromatic rings. The molecule has 0 amide bonds. The molecule has 1 nitrogen and oxygen atoms in total. The lowest BCUT2D eigenvalue weighted by atomic mass is 9.76. The van der Waals surface area contributed by atoms with E-state index >= 15 is 0 Å². The largest absolute Gasteiger partial charge is 0.416 e. The van der Waals surface area contributed by atoms with E-state index in [-0.39, 0.29) is 18.3 Å². The molecule has 2 aromatic carbocycles. The van der Waals surface area contributed by atoms with E-state index in [4.69, 9.17) is 0 Å². The first-order valence-corrected chi connectivity index (χ1v) is 7.77. The van der Waals surface area contributed by atoms with Gasteiger partial charge in [-0.2, -0.15) is 13.2 Å². The molecule has 1 aliphatic rings. The van der Waals surface area contributed by atoms with Gasteiger partial charge < -0.3 is 4.90 Å². The summed E-state index contributed by atoms with van der Waals surface area (Å²) in [6.45, 7) is 0. The van der Waals surface area contributed by atoms with Crippen molar-refractivity contribution in [3.05, 3.63) is 70.8 Å². The fraction of sp³-hybridized carbons (Fsp3) is 0.368. The summed E-state index contributed by atoms with van der Waals surface area (Å²) in [5.74, 6) is 0.148. The Bertz CT molecular complexity index is 680. The summed E-state index contributed by atoms with van der Waals surface area (Å²) >= 11 is 0. The van der Waals surface area contributed by atoms with Crippen LogP contribution >= 0.6 is 12.4 Å². The van der Waals surface area contributed by atoms with Crippen LogP contribution in [0.4, 0.5) is 13.2 Å². The Balaban J connectivity index is 0.00000208. The van der Waals surface area contributed by atoms with Crippen molar-refractivity contribution in [2.75, 3.05) is 14.1 Å². The second-order valence-corrected chi connectivity index (χ2v) is 6.43. The van der Waals surface area contributed by atoms with E-state index < -0.39 is 11.7 Å². The van der Waals surface area contributed by atoms with Crippen molar-refractivity contribution in [3.8, 4) is 0 Å². The first-order valence-electron chi connectivity index (χ1n) is 7.77. The SMILES string of the molecule is CN(C)[C@@H]1Cc2ccccc2[C@@H](c2ccc(C(F)(F)F)cc2)C1.Cl. The van der Waals surface area contributed by atoms with Crippen molar-refractivity contribution in [1.82, 2.24) is 4.90 Å². The monoisotopic (exact) mass is 355 g/mol. The van der Waals surface area contributed by atoms with Gasteiger partial charge >= 0.3 is 6.18 Å². The van der Waals surface area contributed by atoms with E-state index in [1.165, 1.54) is 23.3 Å². The molecule has 1 aliphatic carbocycles. The quantitative estimate of drug-likeness (QED) is 0.721. The van der Waals surface area contributed by atoms with Gasteiger partial charge in [0.1, 0.15) is 0 Å². The van der Waals surface area contributed by atoms with Crippen molar-refractivity contribution in [3.63, 3.8) is 0 Å². The van der Waals surface area contributed by atoms with Gasteiger partial charge in [0.25, 0.3) is 0 Å². The van der Waals surface area contributed by atoms with Crippen LogP contribution in [0, 0.1) is 0 Å². The Morgan fingerprint density at radius 3 is 2.17 bits per heavy atom. The van der Waals surface area contributed by atoms with Gasteiger partial charge in [-0.25, -0.2) is 0 Å². The summed E-state index contributed by atoms with van der Waals surface area (Å²) in [4.78, 5) is 2.20. The Hall–Kier alpha value is -1.52. The standard InChI is InChI=1S/C19H20F3N.ClH/c1-23(2)16-11-14-5-3-4-6-17(14)18(12-16)13-7-9-15(10-8-13)19(20,21)22;/h3-10,16,18H,11-12H2,1-2H3;1H/t16-,18-;/m1./s1. The van der Waals surface area contributed by atoms with E-state index in [1.807, 2.05) is 12.1 Å². The summed E-state index contributed by atoms with van der Waals surface area (Å²) in [7, 11) is 4.12. The van der Waals surface area contributed by atoms with Crippen molar-refractivity contribution >= 4 is 12.4 Å². The zero-order valence-electron chi connectivity index (χ0n) is 13.7. The summed E-state index contributed by atoms with van der Waals surface area (Å²) < 4.78 is 38.3. The molecule has 0 spiro atoms. The van der Waals surface area contributed by atoms with Gasteiger partial charge in [0.15, 0.2) is 0 Å². The lowest BCUT2D eigenvalue weighted by Crippen LogP contribution is -2.35. The number of alkyl halides is 3. The Morgan fingerprint density at radius 1 is 0.958 bits per heavy atom. The molecular formula is C19H21ClF3N. The highest BCUT2D eigenvalue weighted by atomic mass is 35.5. The smallest absolute Gasteiger partial charge is 0.306 e. The molecule has 0 heterocycles. The van der Waals surface area contributed by atoms with Crippen LogP contribution < -0.4 is 0 Å². The van der Waals surface area contributed by atoms with E-state index in [1.54, 1.807) is 12.1 Å². The fourth-order valence-electron chi connectivity index (χ4n) is 3.41. The van der Waals surface area contributed by atoms with Gasteiger partial charge in [-0.3, -0.25) is 0 Å². The summed E-state index contributed by atoms with van der Waals surface area (Å²) in [6, 6.07) is 14.3. The van der Waals surface area contributed by atoms with E-state index in [2.05, 4.69) is 31.1 Å².